The molecule has 0 aliphatic rings. The molecular formula is C13H16F2O4. The largest absolute Gasteiger partial charge is 0.490 e. The summed E-state index contributed by atoms with van der Waals surface area (Å²) in [5.74, 6) is -0.102. The van der Waals surface area contributed by atoms with Crippen LogP contribution in [0.3, 0.4) is 0 Å². The highest BCUT2D eigenvalue weighted by Gasteiger charge is 2.12. The zero-order chi connectivity index (χ0) is 14.3. The minimum Gasteiger partial charge on any atom is -0.490 e. The molecule has 0 atom stereocenters. The summed E-state index contributed by atoms with van der Waals surface area (Å²) in [5, 5.41) is 0. The SMILES string of the molecule is CCOc1cc(CCC(=O)OC)ccc1OC(F)F. The maximum atomic E-state index is 12.2. The van der Waals surface area contributed by atoms with Crippen LogP contribution in [-0.4, -0.2) is 26.3 Å². The molecule has 0 aliphatic carbocycles. The Morgan fingerprint density at radius 1 is 1.32 bits per heavy atom. The van der Waals surface area contributed by atoms with Crippen molar-refractivity contribution in [1.29, 1.82) is 0 Å². The first-order valence-corrected chi connectivity index (χ1v) is 5.84. The first-order chi connectivity index (χ1) is 9.06. The van der Waals surface area contributed by atoms with Gasteiger partial charge in [0.25, 0.3) is 0 Å². The lowest BCUT2D eigenvalue weighted by atomic mass is 10.1. The van der Waals surface area contributed by atoms with Gasteiger partial charge in [0.05, 0.1) is 13.7 Å². The molecule has 0 saturated heterocycles. The number of halogens is 2. The Balaban J connectivity index is 2.79. The van der Waals surface area contributed by atoms with Crippen LogP contribution in [0, 0.1) is 0 Å². The number of benzene rings is 1. The number of methoxy groups -OCH3 is 1. The Bertz CT molecular complexity index is 421. The summed E-state index contributed by atoms with van der Waals surface area (Å²) in [4.78, 5) is 11.0. The molecule has 0 saturated carbocycles. The van der Waals surface area contributed by atoms with E-state index in [4.69, 9.17) is 4.74 Å². The summed E-state index contributed by atoms with van der Waals surface area (Å²) in [6, 6.07) is 4.61. The van der Waals surface area contributed by atoms with Crippen LogP contribution >= 0.6 is 0 Å². The second-order valence-corrected chi connectivity index (χ2v) is 3.67. The van der Waals surface area contributed by atoms with Crippen LogP contribution in [0.2, 0.25) is 0 Å². The van der Waals surface area contributed by atoms with E-state index in [1.807, 2.05) is 0 Å². The van der Waals surface area contributed by atoms with Gasteiger partial charge in [-0.2, -0.15) is 8.78 Å². The van der Waals surface area contributed by atoms with E-state index in [0.717, 1.165) is 5.56 Å². The predicted octanol–water partition coefficient (Wildman–Crippen LogP) is 2.79. The average Bonchev–Trinajstić information content (AvgIpc) is 2.38. The lowest BCUT2D eigenvalue weighted by Crippen LogP contribution is -2.06. The first kappa shape index (κ1) is 15.2. The molecule has 0 amide bonds. The van der Waals surface area contributed by atoms with Crippen LogP contribution in [0.1, 0.15) is 18.9 Å². The molecule has 4 nitrogen and oxygen atoms in total. The van der Waals surface area contributed by atoms with Crippen LogP contribution in [0.25, 0.3) is 0 Å². The second-order valence-electron chi connectivity index (χ2n) is 3.67. The molecule has 0 bridgehead atoms. The zero-order valence-corrected chi connectivity index (χ0v) is 10.8. The molecule has 0 N–H and O–H groups in total. The third kappa shape index (κ3) is 5.11. The maximum absolute atomic E-state index is 12.2. The number of esters is 1. The van der Waals surface area contributed by atoms with Crippen molar-refractivity contribution in [3.05, 3.63) is 23.8 Å². The minimum absolute atomic E-state index is 0.0151. The van der Waals surface area contributed by atoms with Crippen molar-refractivity contribution < 1.29 is 27.8 Å². The standard InChI is InChI=1S/C13H16F2O4/c1-3-18-11-8-9(5-7-12(16)17-2)4-6-10(11)19-13(14)15/h4,6,8,13H,3,5,7H2,1-2H3. The molecule has 0 fully saturated rings. The Labute approximate surface area is 110 Å². The van der Waals surface area contributed by atoms with Gasteiger partial charge < -0.3 is 14.2 Å². The van der Waals surface area contributed by atoms with Crippen molar-refractivity contribution in [1.82, 2.24) is 0 Å². The van der Waals surface area contributed by atoms with Gasteiger partial charge in [0.2, 0.25) is 0 Å². The number of rotatable bonds is 7. The highest BCUT2D eigenvalue weighted by atomic mass is 19.3. The highest BCUT2D eigenvalue weighted by molar-refractivity contribution is 5.69. The molecule has 0 aliphatic heterocycles. The zero-order valence-electron chi connectivity index (χ0n) is 10.8. The summed E-state index contributed by atoms with van der Waals surface area (Å²) < 4.78 is 38.5. The fraction of sp³-hybridized carbons (Fsp3) is 0.462. The van der Waals surface area contributed by atoms with Crippen LogP contribution in [-0.2, 0) is 16.0 Å². The van der Waals surface area contributed by atoms with E-state index in [2.05, 4.69) is 9.47 Å². The predicted molar refractivity (Wildman–Crippen MR) is 64.6 cm³/mol. The van der Waals surface area contributed by atoms with Gasteiger partial charge >= 0.3 is 12.6 Å². The Kier molecular flexibility index (Phi) is 6.05. The Hall–Kier alpha value is -1.85. The minimum atomic E-state index is -2.90. The second kappa shape index (κ2) is 7.56. The fourth-order valence-electron chi connectivity index (χ4n) is 1.52. The summed E-state index contributed by atoms with van der Waals surface area (Å²) in [6.45, 7) is -0.826. The van der Waals surface area contributed by atoms with Gasteiger partial charge in [-0.05, 0) is 31.0 Å². The number of carbonyl (C=O) groups excluding carboxylic acids is 1. The molecule has 106 valence electrons. The molecule has 6 heteroatoms. The van der Waals surface area contributed by atoms with Crippen LogP contribution in [0.5, 0.6) is 11.5 Å². The van der Waals surface area contributed by atoms with E-state index in [0.29, 0.717) is 13.0 Å². The van der Waals surface area contributed by atoms with Crippen molar-refractivity contribution in [2.75, 3.05) is 13.7 Å². The van der Waals surface area contributed by atoms with Crippen LogP contribution in [0.15, 0.2) is 18.2 Å². The van der Waals surface area contributed by atoms with E-state index in [1.165, 1.54) is 13.2 Å². The van der Waals surface area contributed by atoms with E-state index >= 15 is 0 Å². The van der Waals surface area contributed by atoms with Gasteiger partial charge in [-0.15, -0.1) is 0 Å². The molecule has 0 spiro atoms. The monoisotopic (exact) mass is 274 g/mol. The van der Waals surface area contributed by atoms with Gasteiger partial charge in [0.15, 0.2) is 11.5 Å². The van der Waals surface area contributed by atoms with E-state index in [-0.39, 0.29) is 23.9 Å². The molecule has 0 radical (unpaired) electrons. The van der Waals surface area contributed by atoms with Gasteiger partial charge in [-0.1, -0.05) is 6.07 Å². The fourth-order valence-corrected chi connectivity index (χ4v) is 1.52. The third-order valence-electron chi connectivity index (χ3n) is 2.37. The van der Waals surface area contributed by atoms with Crippen molar-refractivity contribution in [2.24, 2.45) is 0 Å². The number of hydrogen-bond acceptors (Lipinski definition) is 4. The van der Waals surface area contributed by atoms with Crippen molar-refractivity contribution in [3.63, 3.8) is 0 Å². The quantitative estimate of drug-likeness (QED) is 0.717. The number of ether oxygens (including phenoxy) is 3. The van der Waals surface area contributed by atoms with Crippen molar-refractivity contribution in [2.45, 2.75) is 26.4 Å². The van der Waals surface area contributed by atoms with Gasteiger partial charge in [-0.25, -0.2) is 0 Å². The van der Waals surface area contributed by atoms with Gasteiger partial charge in [0, 0.05) is 6.42 Å². The molecule has 0 aromatic heterocycles. The van der Waals surface area contributed by atoms with Crippen LogP contribution in [0.4, 0.5) is 8.78 Å². The Morgan fingerprint density at radius 2 is 2.05 bits per heavy atom. The normalized spacial score (nSPS) is 10.4. The first-order valence-electron chi connectivity index (χ1n) is 5.84. The molecule has 1 aromatic carbocycles. The topological polar surface area (TPSA) is 44.8 Å². The molecular weight excluding hydrogens is 258 g/mol. The van der Waals surface area contributed by atoms with E-state index in [9.17, 15) is 13.6 Å². The summed E-state index contributed by atoms with van der Waals surface area (Å²) in [5.41, 5.74) is 0.787. The van der Waals surface area contributed by atoms with Crippen molar-refractivity contribution in [3.8, 4) is 11.5 Å². The summed E-state index contributed by atoms with van der Waals surface area (Å²) >= 11 is 0. The molecule has 0 unspecified atom stereocenters. The smallest absolute Gasteiger partial charge is 0.387 e. The lowest BCUT2D eigenvalue weighted by Gasteiger charge is -2.12. The van der Waals surface area contributed by atoms with Gasteiger partial charge in [-0.3, -0.25) is 4.79 Å². The number of carbonyl (C=O) groups is 1. The lowest BCUT2D eigenvalue weighted by molar-refractivity contribution is -0.140. The number of hydrogen-bond donors (Lipinski definition) is 0. The highest BCUT2D eigenvalue weighted by Crippen LogP contribution is 2.30. The number of alkyl halides is 2. The van der Waals surface area contributed by atoms with Gasteiger partial charge in [0.1, 0.15) is 0 Å². The summed E-state index contributed by atoms with van der Waals surface area (Å²) in [7, 11) is 1.31. The molecule has 1 rings (SSSR count). The third-order valence-corrected chi connectivity index (χ3v) is 2.37. The Morgan fingerprint density at radius 3 is 2.63 bits per heavy atom. The summed E-state index contributed by atoms with van der Waals surface area (Å²) in [6.07, 6.45) is 0.665. The molecule has 1 aromatic rings. The van der Waals surface area contributed by atoms with E-state index in [1.54, 1.807) is 19.1 Å². The molecule has 19 heavy (non-hydrogen) atoms. The van der Waals surface area contributed by atoms with E-state index < -0.39 is 6.61 Å². The van der Waals surface area contributed by atoms with Crippen molar-refractivity contribution >= 4 is 5.97 Å². The number of aryl methyl sites for hydroxylation is 1. The average molecular weight is 274 g/mol. The van der Waals surface area contributed by atoms with Crippen LogP contribution < -0.4 is 9.47 Å². The maximum Gasteiger partial charge on any atom is 0.387 e. The molecule has 0 heterocycles.